The fourth-order valence-corrected chi connectivity index (χ4v) is 1.81. The first-order chi connectivity index (χ1) is 7.66. The number of likely N-dealkylation sites (tertiary alicyclic amines) is 1. The monoisotopic (exact) mass is 223 g/mol. The predicted molar refractivity (Wildman–Crippen MR) is 54.5 cm³/mol. The standard InChI is InChI=1S/C10H13N3O3/c14-9-6-8(10(15)16)7-12(9)4-5-13-3-1-2-11-13/h1-3,8H,4-7H2,(H,15,16). The largest absolute Gasteiger partial charge is 0.481 e. The number of aromatic nitrogens is 2. The van der Waals surface area contributed by atoms with Gasteiger partial charge in [0.25, 0.3) is 0 Å². The minimum atomic E-state index is -0.894. The fraction of sp³-hybridized carbons (Fsp3) is 0.500. The van der Waals surface area contributed by atoms with Gasteiger partial charge in [0.2, 0.25) is 5.91 Å². The van der Waals surface area contributed by atoms with Crippen LogP contribution in [0.2, 0.25) is 0 Å². The van der Waals surface area contributed by atoms with E-state index in [1.54, 1.807) is 15.8 Å². The highest BCUT2D eigenvalue weighted by Crippen LogP contribution is 2.17. The zero-order chi connectivity index (χ0) is 11.5. The topological polar surface area (TPSA) is 75.4 Å². The Morgan fingerprint density at radius 2 is 2.38 bits per heavy atom. The Morgan fingerprint density at radius 1 is 1.56 bits per heavy atom. The van der Waals surface area contributed by atoms with Gasteiger partial charge in [-0.15, -0.1) is 0 Å². The van der Waals surface area contributed by atoms with E-state index in [0.717, 1.165) is 0 Å². The summed E-state index contributed by atoms with van der Waals surface area (Å²) in [6, 6.07) is 1.81. The average Bonchev–Trinajstić information content (AvgIpc) is 2.84. The Hall–Kier alpha value is -1.85. The van der Waals surface area contributed by atoms with E-state index in [4.69, 9.17) is 5.11 Å². The lowest BCUT2D eigenvalue weighted by Crippen LogP contribution is -2.29. The van der Waals surface area contributed by atoms with Crippen molar-refractivity contribution in [1.82, 2.24) is 14.7 Å². The molecule has 0 aliphatic carbocycles. The van der Waals surface area contributed by atoms with Crippen LogP contribution in [0.25, 0.3) is 0 Å². The van der Waals surface area contributed by atoms with E-state index in [2.05, 4.69) is 5.10 Å². The molecule has 86 valence electrons. The third-order valence-electron chi connectivity index (χ3n) is 2.72. The normalized spacial score (nSPS) is 20.4. The van der Waals surface area contributed by atoms with Crippen molar-refractivity contribution < 1.29 is 14.7 Å². The molecule has 1 N–H and O–H groups in total. The summed E-state index contributed by atoms with van der Waals surface area (Å²) >= 11 is 0. The molecule has 6 heteroatoms. The van der Waals surface area contributed by atoms with E-state index in [9.17, 15) is 9.59 Å². The molecule has 0 saturated carbocycles. The molecular formula is C10H13N3O3. The molecule has 2 rings (SSSR count). The summed E-state index contributed by atoms with van der Waals surface area (Å²) in [7, 11) is 0. The molecule has 1 aromatic heterocycles. The smallest absolute Gasteiger partial charge is 0.308 e. The van der Waals surface area contributed by atoms with Gasteiger partial charge in [0.15, 0.2) is 0 Å². The Bertz CT molecular complexity index is 388. The zero-order valence-electron chi connectivity index (χ0n) is 8.74. The number of rotatable bonds is 4. The number of carbonyl (C=O) groups excluding carboxylic acids is 1. The van der Waals surface area contributed by atoms with Gasteiger partial charge in [-0.3, -0.25) is 14.3 Å². The van der Waals surface area contributed by atoms with Gasteiger partial charge < -0.3 is 10.0 Å². The Labute approximate surface area is 92.5 Å². The van der Waals surface area contributed by atoms with Crippen LogP contribution in [0, 0.1) is 5.92 Å². The molecule has 1 aromatic rings. The van der Waals surface area contributed by atoms with Crippen LogP contribution < -0.4 is 0 Å². The van der Waals surface area contributed by atoms with Gasteiger partial charge in [-0.1, -0.05) is 0 Å². The second-order valence-corrected chi connectivity index (χ2v) is 3.85. The number of carboxylic acid groups (broad SMARTS) is 1. The molecule has 1 saturated heterocycles. The SMILES string of the molecule is O=C(O)C1CC(=O)N(CCn2cccn2)C1. The summed E-state index contributed by atoms with van der Waals surface area (Å²) in [5.41, 5.74) is 0. The first-order valence-electron chi connectivity index (χ1n) is 5.15. The minimum Gasteiger partial charge on any atom is -0.481 e. The van der Waals surface area contributed by atoms with Crippen LogP contribution >= 0.6 is 0 Å². The second-order valence-electron chi connectivity index (χ2n) is 3.85. The number of carbonyl (C=O) groups is 2. The van der Waals surface area contributed by atoms with Crippen LogP contribution in [0.3, 0.4) is 0 Å². The molecule has 6 nitrogen and oxygen atoms in total. The van der Waals surface area contributed by atoms with Crippen molar-refractivity contribution in [1.29, 1.82) is 0 Å². The number of carboxylic acids is 1. The van der Waals surface area contributed by atoms with Crippen molar-refractivity contribution in [2.75, 3.05) is 13.1 Å². The van der Waals surface area contributed by atoms with Crippen molar-refractivity contribution >= 4 is 11.9 Å². The Morgan fingerprint density at radius 3 is 2.94 bits per heavy atom. The Balaban J connectivity index is 1.87. The summed E-state index contributed by atoms with van der Waals surface area (Å²) < 4.78 is 1.72. The molecule has 1 aliphatic rings. The van der Waals surface area contributed by atoms with E-state index in [1.165, 1.54) is 0 Å². The van der Waals surface area contributed by atoms with E-state index < -0.39 is 11.9 Å². The summed E-state index contributed by atoms with van der Waals surface area (Å²) in [5, 5.41) is 12.8. The highest BCUT2D eigenvalue weighted by atomic mass is 16.4. The minimum absolute atomic E-state index is 0.0837. The lowest BCUT2D eigenvalue weighted by Gasteiger charge is -2.15. The molecule has 0 aromatic carbocycles. The van der Waals surface area contributed by atoms with Gasteiger partial charge in [-0.2, -0.15) is 5.10 Å². The fourth-order valence-electron chi connectivity index (χ4n) is 1.81. The molecule has 0 bridgehead atoms. The number of amides is 1. The molecule has 16 heavy (non-hydrogen) atoms. The molecule has 0 radical (unpaired) electrons. The van der Waals surface area contributed by atoms with Crippen LogP contribution in [0.1, 0.15) is 6.42 Å². The number of nitrogens with zero attached hydrogens (tertiary/aromatic N) is 3. The Kier molecular flexibility index (Phi) is 2.89. The van der Waals surface area contributed by atoms with Gasteiger partial charge in [-0.05, 0) is 6.07 Å². The van der Waals surface area contributed by atoms with Gasteiger partial charge in [0.1, 0.15) is 0 Å². The van der Waals surface area contributed by atoms with Crippen LogP contribution in [0.5, 0.6) is 0 Å². The van der Waals surface area contributed by atoms with E-state index in [-0.39, 0.29) is 12.3 Å². The summed E-state index contributed by atoms with van der Waals surface area (Å²) in [4.78, 5) is 23.8. The van der Waals surface area contributed by atoms with E-state index >= 15 is 0 Å². The van der Waals surface area contributed by atoms with Crippen molar-refractivity contribution in [2.24, 2.45) is 5.92 Å². The molecule has 1 amide bonds. The second kappa shape index (κ2) is 4.34. The maximum Gasteiger partial charge on any atom is 0.308 e. The van der Waals surface area contributed by atoms with Crippen molar-refractivity contribution in [3.05, 3.63) is 18.5 Å². The third-order valence-corrected chi connectivity index (χ3v) is 2.72. The number of hydrogen-bond acceptors (Lipinski definition) is 3. The van der Waals surface area contributed by atoms with Crippen molar-refractivity contribution in [2.45, 2.75) is 13.0 Å². The molecule has 1 aliphatic heterocycles. The molecule has 1 unspecified atom stereocenters. The van der Waals surface area contributed by atoms with Crippen LogP contribution in [-0.4, -0.2) is 44.8 Å². The molecule has 1 atom stereocenters. The maximum absolute atomic E-state index is 11.5. The van der Waals surface area contributed by atoms with E-state index in [0.29, 0.717) is 19.6 Å². The van der Waals surface area contributed by atoms with Gasteiger partial charge in [0, 0.05) is 31.9 Å². The third kappa shape index (κ3) is 2.21. The highest BCUT2D eigenvalue weighted by Gasteiger charge is 2.33. The molecule has 1 fully saturated rings. The lowest BCUT2D eigenvalue weighted by molar-refractivity contribution is -0.141. The van der Waals surface area contributed by atoms with Gasteiger partial charge >= 0.3 is 5.97 Å². The van der Waals surface area contributed by atoms with Crippen LogP contribution in [-0.2, 0) is 16.1 Å². The molecule has 0 spiro atoms. The van der Waals surface area contributed by atoms with E-state index in [1.807, 2.05) is 12.3 Å². The number of hydrogen-bond donors (Lipinski definition) is 1. The molecule has 2 heterocycles. The zero-order valence-corrected chi connectivity index (χ0v) is 8.74. The number of aliphatic carboxylic acids is 1. The quantitative estimate of drug-likeness (QED) is 0.768. The lowest BCUT2D eigenvalue weighted by atomic mass is 10.1. The highest BCUT2D eigenvalue weighted by molar-refractivity contribution is 5.86. The van der Waals surface area contributed by atoms with Crippen molar-refractivity contribution in [3.63, 3.8) is 0 Å². The van der Waals surface area contributed by atoms with Crippen LogP contribution in [0.4, 0.5) is 0 Å². The van der Waals surface area contributed by atoms with Crippen molar-refractivity contribution in [3.8, 4) is 0 Å². The molecular weight excluding hydrogens is 210 g/mol. The summed E-state index contributed by atoms with van der Waals surface area (Å²) in [5.74, 6) is -1.53. The van der Waals surface area contributed by atoms with Gasteiger partial charge in [-0.25, -0.2) is 0 Å². The maximum atomic E-state index is 11.5. The first kappa shape index (κ1) is 10.7. The van der Waals surface area contributed by atoms with Crippen LogP contribution in [0.15, 0.2) is 18.5 Å². The average molecular weight is 223 g/mol. The predicted octanol–water partition coefficient (Wildman–Crippen LogP) is -0.184. The first-order valence-corrected chi connectivity index (χ1v) is 5.15. The summed E-state index contributed by atoms with van der Waals surface area (Å²) in [6.45, 7) is 1.44. The van der Waals surface area contributed by atoms with Gasteiger partial charge in [0.05, 0.1) is 12.5 Å². The summed E-state index contributed by atoms with van der Waals surface area (Å²) in [6.07, 6.45) is 3.61.